The molecule has 7 nitrogen and oxygen atoms in total. The quantitative estimate of drug-likeness (QED) is 0.608. The Bertz CT molecular complexity index is 757. The maximum atomic E-state index is 12.3. The number of anilines is 1. The summed E-state index contributed by atoms with van der Waals surface area (Å²) >= 11 is 0. The summed E-state index contributed by atoms with van der Waals surface area (Å²) in [6, 6.07) is 11.0. The Balaban J connectivity index is 2.09. The van der Waals surface area contributed by atoms with Gasteiger partial charge in [-0.3, -0.25) is 14.9 Å². The molecule has 0 atom stereocenters. The van der Waals surface area contributed by atoms with Crippen molar-refractivity contribution in [3.63, 3.8) is 0 Å². The van der Waals surface area contributed by atoms with Crippen LogP contribution in [0.15, 0.2) is 42.5 Å². The van der Waals surface area contributed by atoms with Crippen molar-refractivity contribution in [3.8, 4) is 11.5 Å². The minimum absolute atomic E-state index is 0.134. The van der Waals surface area contributed by atoms with Gasteiger partial charge >= 0.3 is 5.69 Å². The van der Waals surface area contributed by atoms with Crippen LogP contribution in [0.1, 0.15) is 24.2 Å². The van der Waals surface area contributed by atoms with E-state index in [1.54, 1.807) is 30.3 Å². The van der Waals surface area contributed by atoms with Crippen LogP contribution in [0, 0.1) is 16.0 Å². The van der Waals surface area contributed by atoms with Gasteiger partial charge in [0.05, 0.1) is 18.6 Å². The number of benzene rings is 2. The van der Waals surface area contributed by atoms with Crippen molar-refractivity contribution in [2.45, 2.75) is 13.8 Å². The lowest BCUT2D eigenvalue weighted by atomic mass is 10.2. The molecule has 0 heterocycles. The molecule has 25 heavy (non-hydrogen) atoms. The molecule has 0 radical (unpaired) electrons. The first-order valence-corrected chi connectivity index (χ1v) is 7.77. The third-order valence-corrected chi connectivity index (χ3v) is 3.33. The average Bonchev–Trinajstić information content (AvgIpc) is 2.60. The zero-order valence-corrected chi connectivity index (χ0v) is 14.3. The topological polar surface area (TPSA) is 90.7 Å². The number of hydrogen-bond donors (Lipinski definition) is 1. The van der Waals surface area contributed by atoms with Crippen LogP contribution in [0.25, 0.3) is 0 Å². The molecule has 2 aromatic carbocycles. The number of carbonyl (C=O) groups is 1. The van der Waals surface area contributed by atoms with Gasteiger partial charge in [0.2, 0.25) is 0 Å². The van der Waals surface area contributed by atoms with Gasteiger partial charge in [0.15, 0.2) is 5.75 Å². The number of carbonyl (C=O) groups excluding carboxylic acids is 1. The molecule has 0 unspecified atom stereocenters. The number of amides is 1. The first kappa shape index (κ1) is 18.3. The number of nitro groups is 1. The lowest BCUT2D eigenvalue weighted by molar-refractivity contribution is -0.385. The fraction of sp³-hybridized carbons (Fsp3) is 0.278. The van der Waals surface area contributed by atoms with E-state index in [1.165, 1.54) is 19.2 Å². The average molecular weight is 344 g/mol. The van der Waals surface area contributed by atoms with Crippen molar-refractivity contribution >= 4 is 17.3 Å². The third-order valence-electron chi connectivity index (χ3n) is 3.33. The largest absolute Gasteiger partial charge is 0.493 e. The second kappa shape index (κ2) is 8.14. The molecule has 0 aliphatic heterocycles. The fourth-order valence-electron chi connectivity index (χ4n) is 2.08. The summed E-state index contributed by atoms with van der Waals surface area (Å²) in [6.45, 7) is 4.70. The highest BCUT2D eigenvalue weighted by atomic mass is 16.6. The lowest BCUT2D eigenvalue weighted by Crippen LogP contribution is -2.12. The Labute approximate surface area is 145 Å². The summed E-state index contributed by atoms with van der Waals surface area (Å²) in [7, 11) is 1.35. The van der Waals surface area contributed by atoms with Gasteiger partial charge in [-0.1, -0.05) is 13.8 Å². The number of nitrogens with one attached hydrogen (secondary N) is 1. The smallest absolute Gasteiger partial charge is 0.312 e. The molecule has 0 fully saturated rings. The predicted octanol–water partition coefficient (Wildman–Crippen LogP) is 3.89. The number of ether oxygens (including phenoxy) is 2. The molecule has 0 bridgehead atoms. The monoisotopic (exact) mass is 344 g/mol. The second-order valence-electron chi connectivity index (χ2n) is 5.83. The highest BCUT2D eigenvalue weighted by molar-refractivity contribution is 6.04. The number of rotatable bonds is 7. The maximum absolute atomic E-state index is 12.3. The van der Waals surface area contributed by atoms with Crippen LogP contribution in [-0.2, 0) is 0 Å². The van der Waals surface area contributed by atoms with Crippen LogP contribution in [0.5, 0.6) is 11.5 Å². The maximum Gasteiger partial charge on any atom is 0.312 e. The highest BCUT2D eigenvalue weighted by Gasteiger charge is 2.16. The molecule has 0 aromatic heterocycles. The first-order chi connectivity index (χ1) is 11.9. The summed E-state index contributed by atoms with van der Waals surface area (Å²) in [5.74, 6) is 0.865. The number of nitrogens with zero attached hydrogens (tertiary/aromatic N) is 1. The normalized spacial score (nSPS) is 10.4. The molecule has 2 aromatic rings. The molecule has 0 saturated carbocycles. The van der Waals surface area contributed by atoms with Gasteiger partial charge in [0, 0.05) is 17.3 Å². The van der Waals surface area contributed by atoms with Crippen LogP contribution in [0.3, 0.4) is 0 Å². The van der Waals surface area contributed by atoms with E-state index >= 15 is 0 Å². The summed E-state index contributed by atoms with van der Waals surface area (Å²) in [4.78, 5) is 22.7. The molecular weight excluding hydrogens is 324 g/mol. The molecule has 1 amide bonds. The van der Waals surface area contributed by atoms with Gasteiger partial charge in [0.1, 0.15) is 5.75 Å². The van der Waals surface area contributed by atoms with Crippen molar-refractivity contribution in [2.75, 3.05) is 19.0 Å². The predicted molar refractivity (Wildman–Crippen MR) is 94.4 cm³/mol. The van der Waals surface area contributed by atoms with E-state index in [4.69, 9.17) is 9.47 Å². The zero-order valence-electron chi connectivity index (χ0n) is 14.3. The highest BCUT2D eigenvalue weighted by Crippen LogP contribution is 2.29. The van der Waals surface area contributed by atoms with Gasteiger partial charge < -0.3 is 14.8 Å². The van der Waals surface area contributed by atoms with Crippen LogP contribution in [-0.4, -0.2) is 24.5 Å². The van der Waals surface area contributed by atoms with Gasteiger partial charge in [-0.2, -0.15) is 0 Å². The van der Waals surface area contributed by atoms with Gasteiger partial charge in [-0.05, 0) is 42.3 Å². The Hall–Kier alpha value is -3.09. The van der Waals surface area contributed by atoms with E-state index in [9.17, 15) is 14.9 Å². The van der Waals surface area contributed by atoms with Crippen molar-refractivity contribution in [2.24, 2.45) is 5.92 Å². The second-order valence-corrected chi connectivity index (χ2v) is 5.83. The first-order valence-electron chi connectivity index (χ1n) is 7.77. The number of hydrogen-bond acceptors (Lipinski definition) is 5. The van der Waals surface area contributed by atoms with E-state index in [2.05, 4.69) is 19.2 Å². The van der Waals surface area contributed by atoms with Crippen LogP contribution >= 0.6 is 0 Å². The van der Waals surface area contributed by atoms with Crippen molar-refractivity contribution in [1.82, 2.24) is 0 Å². The molecular formula is C18H20N2O5. The molecule has 1 N–H and O–H groups in total. The van der Waals surface area contributed by atoms with Crippen molar-refractivity contribution in [1.29, 1.82) is 0 Å². The fourth-order valence-corrected chi connectivity index (χ4v) is 2.08. The molecule has 0 aliphatic carbocycles. The van der Waals surface area contributed by atoms with Crippen LogP contribution in [0.2, 0.25) is 0 Å². The lowest BCUT2D eigenvalue weighted by Gasteiger charge is -2.10. The summed E-state index contributed by atoms with van der Waals surface area (Å²) in [5.41, 5.74) is 0.533. The van der Waals surface area contributed by atoms with Gasteiger partial charge in [0.25, 0.3) is 5.91 Å². The molecule has 0 spiro atoms. The van der Waals surface area contributed by atoms with Crippen molar-refractivity contribution < 1.29 is 19.2 Å². The Morgan fingerprint density at radius 2 is 1.88 bits per heavy atom. The SMILES string of the molecule is COc1ccc(NC(=O)c2ccc(OCC(C)C)cc2)cc1[N+](=O)[O-]. The van der Waals surface area contributed by atoms with E-state index in [-0.39, 0.29) is 17.3 Å². The minimum Gasteiger partial charge on any atom is -0.493 e. The molecule has 132 valence electrons. The summed E-state index contributed by atoms with van der Waals surface area (Å²) in [6.07, 6.45) is 0. The minimum atomic E-state index is -0.560. The standard InChI is InChI=1S/C18H20N2O5/c1-12(2)11-25-15-7-4-13(5-8-15)18(21)19-14-6-9-17(24-3)16(10-14)20(22)23/h4-10,12H,11H2,1-3H3,(H,19,21). The Kier molecular flexibility index (Phi) is 5.94. The molecule has 0 saturated heterocycles. The summed E-state index contributed by atoms with van der Waals surface area (Å²) < 4.78 is 10.5. The zero-order chi connectivity index (χ0) is 18.4. The molecule has 7 heteroatoms. The Morgan fingerprint density at radius 1 is 1.20 bits per heavy atom. The van der Waals surface area contributed by atoms with Crippen LogP contribution < -0.4 is 14.8 Å². The number of nitro benzene ring substituents is 1. The summed E-state index contributed by atoms with van der Waals surface area (Å²) in [5, 5.41) is 13.7. The van der Waals surface area contributed by atoms with Crippen LogP contribution in [0.4, 0.5) is 11.4 Å². The van der Waals surface area contributed by atoms with Gasteiger partial charge in [-0.15, -0.1) is 0 Å². The third kappa shape index (κ3) is 4.94. The van der Waals surface area contributed by atoms with Gasteiger partial charge in [-0.25, -0.2) is 0 Å². The van der Waals surface area contributed by atoms with E-state index in [0.717, 1.165) is 0 Å². The molecule has 0 aliphatic rings. The molecule has 2 rings (SSSR count). The van der Waals surface area contributed by atoms with E-state index in [1.807, 2.05) is 0 Å². The van der Waals surface area contributed by atoms with E-state index in [0.29, 0.717) is 29.5 Å². The van der Waals surface area contributed by atoms with Crippen molar-refractivity contribution in [3.05, 3.63) is 58.1 Å². The number of methoxy groups -OCH3 is 1. The Morgan fingerprint density at radius 3 is 2.44 bits per heavy atom. The van der Waals surface area contributed by atoms with E-state index < -0.39 is 4.92 Å².